The molecule has 4 aromatic rings. The maximum absolute atomic E-state index is 11.1. The van der Waals surface area contributed by atoms with Gasteiger partial charge in [-0.15, -0.1) is 0 Å². The van der Waals surface area contributed by atoms with Crippen molar-refractivity contribution < 1.29 is 19.0 Å². The molecule has 4 aromatic carbocycles. The van der Waals surface area contributed by atoms with E-state index in [-0.39, 0.29) is 13.2 Å². The highest BCUT2D eigenvalue weighted by Crippen LogP contribution is 2.44. The van der Waals surface area contributed by atoms with Crippen LogP contribution in [-0.2, 0) is 15.1 Å². The summed E-state index contributed by atoms with van der Waals surface area (Å²) in [5.74, 6) is 1.08. The van der Waals surface area contributed by atoms with Crippen molar-refractivity contribution in [3.63, 3.8) is 0 Å². The molecule has 0 N–H and O–H groups in total. The minimum absolute atomic E-state index is 0.171. The van der Waals surface area contributed by atoms with Gasteiger partial charge in [-0.2, -0.15) is 0 Å². The Morgan fingerprint density at radius 2 is 1.59 bits per heavy atom. The number of carbonyl (C=O) groups excluding carboxylic acids is 1. The third-order valence-corrected chi connectivity index (χ3v) is 5.92. The number of esters is 1. The van der Waals surface area contributed by atoms with Gasteiger partial charge < -0.3 is 14.2 Å². The number of fused-ring (bicyclic) bond motifs is 3. The van der Waals surface area contributed by atoms with Crippen molar-refractivity contribution in [1.82, 2.24) is 0 Å². The largest absolute Gasteiger partial charge is 0.490 e. The summed E-state index contributed by atoms with van der Waals surface area (Å²) in [6.45, 7) is 3.82. The summed E-state index contributed by atoms with van der Waals surface area (Å²) < 4.78 is 17.5. The fourth-order valence-electron chi connectivity index (χ4n) is 4.28. The van der Waals surface area contributed by atoms with E-state index in [1.54, 1.807) is 0 Å². The molecule has 4 nitrogen and oxygen atoms in total. The Bertz CT molecular complexity index is 1320. The molecule has 1 aliphatic rings. The lowest BCUT2D eigenvalue weighted by molar-refractivity contribution is -0.138. The zero-order valence-corrected chi connectivity index (χ0v) is 18.6. The Morgan fingerprint density at radius 3 is 2.26 bits per heavy atom. The quantitative estimate of drug-likeness (QED) is 0.189. The van der Waals surface area contributed by atoms with E-state index in [9.17, 15) is 4.79 Å². The molecule has 0 fully saturated rings. The number of rotatable bonds is 7. The first kappa shape index (κ1) is 21.5. The van der Waals surface area contributed by atoms with Gasteiger partial charge in [0.1, 0.15) is 24.7 Å². The molecule has 1 heterocycles. The second kappa shape index (κ2) is 9.28. The molecule has 1 aliphatic heterocycles. The van der Waals surface area contributed by atoms with Crippen LogP contribution in [-0.4, -0.2) is 19.2 Å². The van der Waals surface area contributed by atoms with Gasteiger partial charge in [-0.3, -0.25) is 0 Å². The van der Waals surface area contributed by atoms with E-state index in [0.717, 1.165) is 39.3 Å². The summed E-state index contributed by atoms with van der Waals surface area (Å²) >= 11 is 0. The fourth-order valence-corrected chi connectivity index (χ4v) is 4.28. The average Bonchev–Trinajstić information content (AvgIpc) is 2.91. The van der Waals surface area contributed by atoms with Crippen LogP contribution in [0.1, 0.15) is 16.7 Å². The molecule has 0 amide bonds. The van der Waals surface area contributed by atoms with E-state index in [2.05, 4.69) is 43.0 Å². The summed E-state index contributed by atoms with van der Waals surface area (Å²) in [5.41, 5.74) is 2.48. The zero-order valence-electron chi connectivity index (χ0n) is 18.6. The van der Waals surface area contributed by atoms with Crippen LogP contribution in [0.4, 0.5) is 0 Å². The lowest BCUT2D eigenvalue weighted by atomic mass is 9.83. The van der Waals surface area contributed by atoms with Crippen LogP contribution in [0, 0.1) is 0 Å². The molecule has 0 atom stereocenters. The number of benzene rings is 4. The van der Waals surface area contributed by atoms with E-state index < -0.39 is 11.6 Å². The van der Waals surface area contributed by atoms with Gasteiger partial charge in [-0.1, -0.05) is 73.3 Å². The fraction of sp³-hybridized carbons (Fsp3) is 0.100. The minimum atomic E-state index is -0.699. The predicted octanol–water partition coefficient (Wildman–Crippen LogP) is 6.30. The van der Waals surface area contributed by atoms with Crippen molar-refractivity contribution in [2.75, 3.05) is 13.2 Å². The van der Waals surface area contributed by atoms with Crippen molar-refractivity contribution in [3.05, 3.63) is 126 Å². The second-order valence-corrected chi connectivity index (χ2v) is 7.98. The Labute approximate surface area is 198 Å². The molecule has 0 bridgehead atoms. The predicted molar refractivity (Wildman–Crippen MR) is 134 cm³/mol. The third kappa shape index (κ3) is 4.06. The highest BCUT2D eigenvalue weighted by atomic mass is 16.6. The Morgan fingerprint density at radius 1 is 0.882 bits per heavy atom. The van der Waals surface area contributed by atoms with Crippen molar-refractivity contribution in [3.8, 4) is 11.5 Å². The number of hydrogen-bond donors (Lipinski definition) is 0. The number of ether oxygens (including phenoxy) is 3. The van der Waals surface area contributed by atoms with E-state index in [1.807, 2.05) is 66.7 Å². The van der Waals surface area contributed by atoms with Gasteiger partial charge >= 0.3 is 5.97 Å². The summed E-state index contributed by atoms with van der Waals surface area (Å²) in [6.07, 6.45) is 5.42. The summed E-state index contributed by atoms with van der Waals surface area (Å²) in [4.78, 5) is 11.1. The molecule has 34 heavy (non-hydrogen) atoms. The molecule has 0 spiro atoms. The van der Waals surface area contributed by atoms with Gasteiger partial charge in [0.25, 0.3) is 0 Å². The molecule has 0 aliphatic carbocycles. The van der Waals surface area contributed by atoms with Crippen molar-refractivity contribution >= 4 is 22.8 Å². The van der Waals surface area contributed by atoms with Crippen LogP contribution < -0.4 is 9.47 Å². The Kier molecular flexibility index (Phi) is 5.88. The number of hydrogen-bond acceptors (Lipinski definition) is 4. The second-order valence-electron chi connectivity index (χ2n) is 7.98. The molecule has 0 radical (unpaired) electrons. The highest BCUT2D eigenvalue weighted by Gasteiger charge is 2.37. The monoisotopic (exact) mass is 448 g/mol. The number of carbonyl (C=O) groups is 1. The van der Waals surface area contributed by atoms with Gasteiger partial charge in [0, 0.05) is 22.8 Å². The van der Waals surface area contributed by atoms with Crippen LogP contribution in [0.2, 0.25) is 0 Å². The van der Waals surface area contributed by atoms with Gasteiger partial charge in [-0.25, -0.2) is 4.79 Å². The molecular formula is C30H24O4. The minimum Gasteiger partial charge on any atom is -0.490 e. The van der Waals surface area contributed by atoms with Crippen molar-refractivity contribution in [1.29, 1.82) is 0 Å². The van der Waals surface area contributed by atoms with Crippen LogP contribution in [0.25, 0.3) is 16.8 Å². The standard InChI is InChI=1S/C30H24O4/c1-2-29(31)33-20-19-32-25-14-15-26-22(21-25)13-16-28-27(26)17-18-30(34-28,23-9-5-3-6-10-23)24-11-7-4-8-12-24/h2-18,21H,1,19-20H2. The molecule has 0 aromatic heterocycles. The Balaban J connectivity index is 1.46. The highest BCUT2D eigenvalue weighted by molar-refractivity contribution is 5.94. The molecular weight excluding hydrogens is 424 g/mol. The van der Waals surface area contributed by atoms with E-state index in [1.165, 1.54) is 0 Å². The molecule has 0 saturated heterocycles. The first-order valence-corrected chi connectivity index (χ1v) is 11.2. The molecule has 0 saturated carbocycles. The normalized spacial score (nSPS) is 13.5. The van der Waals surface area contributed by atoms with E-state index in [0.29, 0.717) is 5.75 Å². The van der Waals surface area contributed by atoms with Crippen LogP contribution >= 0.6 is 0 Å². The van der Waals surface area contributed by atoms with E-state index in [4.69, 9.17) is 14.2 Å². The average molecular weight is 449 g/mol. The maximum atomic E-state index is 11.1. The van der Waals surface area contributed by atoms with Gasteiger partial charge in [0.2, 0.25) is 0 Å². The first-order valence-electron chi connectivity index (χ1n) is 11.2. The zero-order chi connectivity index (χ0) is 23.4. The van der Waals surface area contributed by atoms with Crippen molar-refractivity contribution in [2.24, 2.45) is 0 Å². The van der Waals surface area contributed by atoms with Crippen LogP contribution in [0.15, 0.2) is 110 Å². The maximum Gasteiger partial charge on any atom is 0.330 e. The van der Waals surface area contributed by atoms with Crippen LogP contribution in [0.5, 0.6) is 11.5 Å². The lowest BCUT2D eigenvalue weighted by Gasteiger charge is -2.36. The third-order valence-electron chi connectivity index (χ3n) is 5.92. The van der Waals surface area contributed by atoms with Gasteiger partial charge in [0.05, 0.1) is 0 Å². The molecule has 168 valence electrons. The lowest BCUT2D eigenvalue weighted by Crippen LogP contribution is -2.34. The van der Waals surface area contributed by atoms with Gasteiger partial charge in [0.15, 0.2) is 5.60 Å². The molecule has 4 heteroatoms. The molecule has 5 rings (SSSR count). The SMILES string of the molecule is C=CC(=O)OCCOc1ccc2c3c(ccc2c1)OC(c1ccccc1)(c1ccccc1)C=C3. The first-order chi connectivity index (χ1) is 16.7. The van der Waals surface area contributed by atoms with Crippen molar-refractivity contribution in [2.45, 2.75) is 5.60 Å². The van der Waals surface area contributed by atoms with Gasteiger partial charge in [-0.05, 0) is 47.2 Å². The Hall–Kier alpha value is -4.31. The summed E-state index contributed by atoms with van der Waals surface area (Å²) in [5, 5.41) is 2.12. The topological polar surface area (TPSA) is 44.8 Å². The molecule has 0 unspecified atom stereocenters. The summed E-state index contributed by atoms with van der Waals surface area (Å²) in [7, 11) is 0. The van der Waals surface area contributed by atoms with E-state index >= 15 is 0 Å². The smallest absolute Gasteiger partial charge is 0.330 e. The summed E-state index contributed by atoms with van der Waals surface area (Å²) in [6, 6.07) is 30.5. The van der Waals surface area contributed by atoms with Crippen LogP contribution in [0.3, 0.4) is 0 Å².